The molecule has 2 nitrogen and oxygen atoms in total. The third kappa shape index (κ3) is 3.42. The molecule has 1 atom stereocenters. The van der Waals surface area contributed by atoms with E-state index in [1.165, 1.54) is 12.1 Å². The van der Waals surface area contributed by atoms with E-state index in [0.29, 0.717) is 0 Å². The van der Waals surface area contributed by atoms with E-state index in [9.17, 15) is 9.18 Å². The standard InChI is InChI=1S/C17H17ClFNO/c1-12-8-9-14(15(19)10-12)16(21)20-17(2,11-18)13-6-4-3-5-7-13/h3-10H,11H2,1-2H3,(H,20,21). The molecule has 0 heterocycles. The number of hydrogen-bond acceptors (Lipinski definition) is 1. The molecule has 0 radical (unpaired) electrons. The Labute approximate surface area is 128 Å². The first kappa shape index (κ1) is 15.5. The summed E-state index contributed by atoms with van der Waals surface area (Å²) < 4.78 is 13.9. The Balaban J connectivity index is 2.28. The van der Waals surface area contributed by atoms with Gasteiger partial charge in [0.15, 0.2) is 0 Å². The highest BCUT2D eigenvalue weighted by atomic mass is 35.5. The van der Waals surface area contributed by atoms with Crippen molar-refractivity contribution in [3.8, 4) is 0 Å². The molecule has 0 bridgehead atoms. The number of rotatable bonds is 4. The molecule has 110 valence electrons. The molecule has 0 spiro atoms. The Morgan fingerprint density at radius 3 is 2.48 bits per heavy atom. The van der Waals surface area contributed by atoms with Gasteiger partial charge in [0.1, 0.15) is 5.82 Å². The fourth-order valence-corrected chi connectivity index (χ4v) is 2.33. The van der Waals surface area contributed by atoms with Gasteiger partial charge in [-0.3, -0.25) is 4.79 Å². The molecule has 0 aliphatic carbocycles. The summed E-state index contributed by atoms with van der Waals surface area (Å²) in [5.41, 5.74) is 0.915. The molecule has 21 heavy (non-hydrogen) atoms. The summed E-state index contributed by atoms with van der Waals surface area (Å²) in [6.45, 7) is 3.59. The van der Waals surface area contributed by atoms with Crippen molar-refractivity contribution in [2.24, 2.45) is 0 Å². The zero-order valence-corrected chi connectivity index (χ0v) is 12.7. The van der Waals surface area contributed by atoms with Crippen molar-refractivity contribution < 1.29 is 9.18 Å². The number of amides is 1. The summed E-state index contributed by atoms with van der Waals surface area (Å²) in [6.07, 6.45) is 0. The number of nitrogens with one attached hydrogen (secondary N) is 1. The van der Waals surface area contributed by atoms with E-state index in [1.807, 2.05) is 37.3 Å². The lowest BCUT2D eigenvalue weighted by Gasteiger charge is -2.29. The lowest BCUT2D eigenvalue weighted by Crippen LogP contribution is -2.45. The van der Waals surface area contributed by atoms with Gasteiger partial charge < -0.3 is 5.32 Å². The maximum absolute atomic E-state index is 13.9. The highest BCUT2D eigenvalue weighted by Crippen LogP contribution is 2.23. The zero-order valence-electron chi connectivity index (χ0n) is 12.0. The summed E-state index contributed by atoms with van der Waals surface area (Å²) in [7, 11) is 0. The van der Waals surface area contributed by atoms with E-state index in [4.69, 9.17) is 11.6 Å². The summed E-state index contributed by atoms with van der Waals surface area (Å²) >= 11 is 6.03. The molecule has 0 saturated carbocycles. The van der Waals surface area contributed by atoms with Gasteiger partial charge in [0.25, 0.3) is 5.91 Å². The minimum atomic E-state index is -0.753. The van der Waals surface area contributed by atoms with Crippen LogP contribution in [0.15, 0.2) is 48.5 Å². The van der Waals surface area contributed by atoms with Crippen molar-refractivity contribution in [3.05, 3.63) is 71.0 Å². The van der Waals surface area contributed by atoms with Gasteiger partial charge in [0.05, 0.1) is 11.1 Å². The normalized spacial score (nSPS) is 13.5. The molecular formula is C17H17ClFNO. The number of hydrogen-bond donors (Lipinski definition) is 1. The molecule has 0 fully saturated rings. The zero-order chi connectivity index (χ0) is 15.5. The van der Waals surface area contributed by atoms with Crippen LogP contribution in [0.4, 0.5) is 4.39 Å². The maximum atomic E-state index is 13.9. The van der Waals surface area contributed by atoms with Gasteiger partial charge in [-0.15, -0.1) is 11.6 Å². The minimum Gasteiger partial charge on any atom is -0.341 e. The first-order chi connectivity index (χ1) is 9.96. The van der Waals surface area contributed by atoms with Crippen LogP contribution in [0, 0.1) is 12.7 Å². The first-order valence-corrected chi connectivity index (χ1v) is 7.20. The van der Waals surface area contributed by atoms with E-state index in [2.05, 4.69) is 5.32 Å². The third-order valence-corrected chi connectivity index (χ3v) is 3.97. The largest absolute Gasteiger partial charge is 0.341 e. The summed E-state index contributed by atoms with van der Waals surface area (Å²) in [6, 6.07) is 13.9. The van der Waals surface area contributed by atoms with Gasteiger partial charge in [-0.05, 0) is 37.1 Å². The quantitative estimate of drug-likeness (QED) is 0.849. The van der Waals surface area contributed by atoms with Gasteiger partial charge in [-0.2, -0.15) is 0 Å². The molecule has 0 saturated heterocycles. The molecule has 2 aromatic carbocycles. The topological polar surface area (TPSA) is 29.1 Å². The minimum absolute atomic E-state index is 0.0212. The highest BCUT2D eigenvalue weighted by molar-refractivity contribution is 6.19. The number of halogens is 2. The molecule has 1 N–H and O–H groups in total. The molecule has 0 aromatic heterocycles. The van der Waals surface area contributed by atoms with Gasteiger partial charge >= 0.3 is 0 Å². The molecule has 2 rings (SSSR count). The Hall–Kier alpha value is -1.87. The summed E-state index contributed by atoms with van der Waals surface area (Å²) in [4.78, 5) is 12.3. The summed E-state index contributed by atoms with van der Waals surface area (Å²) in [5.74, 6) is -0.812. The lowest BCUT2D eigenvalue weighted by atomic mass is 9.93. The van der Waals surface area contributed by atoms with Gasteiger partial charge in [-0.1, -0.05) is 36.4 Å². The number of alkyl halides is 1. The van der Waals surface area contributed by atoms with Crippen LogP contribution in [0.25, 0.3) is 0 Å². The predicted octanol–water partition coefficient (Wildman–Crippen LogP) is 4.02. The maximum Gasteiger partial charge on any atom is 0.254 e. The second-order valence-corrected chi connectivity index (χ2v) is 5.54. The molecule has 1 amide bonds. The Bertz CT molecular complexity index is 644. The van der Waals surface area contributed by atoms with Gasteiger partial charge in [0.2, 0.25) is 0 Å². The molecule has 1 unspecified atom stereocenters. The summed E-state index contributed by atoms with van der Waals surface area (Å²) in [5, 5.41) is 2.83. The van der Waals surface area contributed by atoms with E-state index < -0.39 is 17.3 Å². The third-order valence-electron chi connectivity index (χ3n) is 3.44. The number of benzene rings is 2. The fourth-order valence-electron chi connectivity index (χ4n) is 2.11. The number of carbonyl (C=O) groups excluding carboxylic acids is 1. The molecule has 4 heteroatoms. The lowest BCUT2D eigenvalue weighted by molar-refractivity contribution is 0.0909. The average molecular weight is 306 g/mol. The van der Waals surface area contributed by atoms with Crippen LogP contribution in [-0.4, -0.2) is 11.8 Å². The van der Waals surface area contributed by atoms with Crippen LogP contribution in [0.2, 0.25) is 0 Å². The van der Waals surface area contributed by atoms with Gasteiger partial charge in [-0.25, -0.2) is 4.39 Å². The number of carbonyl (C=O) groups is 1. The van der Waals surface area contributed by atoms with Crippen molar-refractivity contribution in [2.45, 2.75) is 19.4 Å². The second-order valence-electron chi connectivity index (χ2n) is 5.27. The van der Waals surface area contributed by atoms with E-state index >= 15 is 0 Å². The SMILES string of the molecule is Cc1ccc(C(=O)NC(C)(CCl)c2ccccc2)c(F)c1. The Morgan fingerprint density at radius 1 is 1.24 bits per heavy atom. The van der Waals surface area contributed by atoms with Crippen molar-refractivity contribution >= 4 is 17.5 Å². The average Bonchev–Trinajstić information content (AvgIpc) is 2.47. The first-order valence-electron chi connectivity index (χ1n) is 6.66. The van der Waals surface area contributed by atoms with Crippen LogP contribution < -0.4 is 5.32 Å². The van der Waals surface area contributed by atoms with Crippen molar-refractivity contribution in [1.29, 1.82) is 0 Å². The van der Waals surface area contributed by atoms with Crippen LogP contribution >= 0.6 is 11.6 Å². The van der Waals surface area contributed by atoms with Crippen LogP contribution in [-0.2, 0) is 5.54 Å². The molecule has 2 aromatic rings. The van der Waals surface area contributed by atoms with Crippen molar-refractivity contribution in [3.63, 3.8) is 0 Å². The molecular weight excluding hydrogens is 289 g/mol. The number of aryl methyl sites for hydroxylation is 1. The molecule has 0 aliphatic heterocycles. The Kier molecular flexibility index (Phi) is 4.63. The van der Waals surface area contributed by atoms with Crippen LogP contribution in [0.3, 0.4) is 0 Å². The van der Waals surface area contributed by atoms with Crippen LogP contribution in [0.5, 0.6) is 0 Å². The fraction of sp³-hybridized carbons (Fsp3) is 0.235. The van der Waals surface area contributed by atoms with Crippen molar-refractivity contribution in [2.75, 3.05) is 5.88 Å². The van der Waals surface area contributed by atoms with Crippen LogP contribution in [0.1, 0.15) is 28.4 Å². The second kappa shape index (κ2) is 6.27. The monoisotopic (exact) mass is 305 g/mol. The van der Waals surface area contributed by atoms with Gasteiger partial charge in [0, 0.05) is 5.88 Å². The van der Waals surface area contributed by atoms with E-state index in [0.717, 1.165) is 11.1 Å². The van der Waals surface area contributed by atoms with E-state index in [-0.39, 0.29) is 11.4 Å². The van der Waals surface area contributed by atoms with Crippen molar-refractivity contribution in [1.82, 2.24) is 5.32 Å². The highest BCUT2D eigenvalue weighted by Gasteiger charge is 2.28. The smallest absolute Gasteiger partial charge is 0.254 e. The predicted molar refractivity (Wildman–Crippen MR) is 83.1 cm³/mol. The Morgan fingerprint density at radius 2 is 1.90 bits per heavy atom. The van der Waals surface area contributed by atoms with E-state index in [1.54, 1.807) is 13.0 Å². The molecule has 0 aliphatic rings.